The fourth-order valence-corrected chi connectivity index (χ4v) is 8.77. The molecule has 63 heavy (non-hydrogen) atoms. The van der Waals surface area contributed by atoms with Gasteiger partial charge in [0.2, 0.25) is 23.6 Å². The lowest BCUT2D eigenvalue weighted by Gasteiger charge is -2.34. The molecule has 0 aliphatic carbocycles. The number of rotatable bonds is 14. The molecule has 3 saturated heterocycles. The predicted molar refractivity (Wildman–Crippen MR) is 240 cm³/mol. The highest BCUT2D eigenvalue weighted by Crippen LogP contribution is 2.37. The van der Waals surface area contributed by atoms with E-state index in [0.717, 1.165) is 59.7 Å². The smallest absolute Gasteiger partial charge is 0.276 e. The van der Waals surface area contributed by atoms with E-state index >= 15 is 0 Å². The van der Waals surface area contributed by atoms with Gasteiger partial charge >= 0.3 is 0 Å². The Morgan fingerprint density at radius 2 is 1.54 bits per heavy atom. The van der Waals surface area contributed by atoms with Gasteiger partial charge in [-0.25, -0.2) is 0 Å². The molecule has 2 aromatic heterocycles. The van der Waals surface area contributed by atoms with Crippen molar-refractivity contribution in [2.24, 2.45) is 7.05 Å². The first kappa shape index (κ1) is 42.9. The second-order valence-corrected chi connectivity index (χ2v) is 16.4. The molecule has 0 bridgehead atoms. The van der Waals surface area contributed by atoms with Gasteiger partial charge in [-0.05, 0) is 84.8 Å². The lowest BCUT2D eigenvalue weighted by Crippen LogP contribution is -2.52. The number of nitrogens with one attached hydrogen (secondary N) is 5. The number of imide groups is 1. The molecule has 5 heterocycles. The Morgan fingerprint density at radius 1 is 0.857 bits per heavy atom. The van der Waals surface area contributed by atoms with Crippen LogP contribution in [0.1, 0.15) is 42.7 Å². The molecule has 5 N–H and O–H groups in total. The van der Waals surface area contributed by atoms with Crippen LogP contribution in [0.15, 0.2) is 77.9 Å². The van der Waals surface area contributed by atoms with Crippen molar-refractivity contribution in [1.82, 2.24) is 35.2 Å². The topological polar surface area (TPSA) is 195 Å². The number of piperidine rings is 2. The molecule has 17 nitrogen and oxygen atoms in total. The first-order valence-electron chi connectivity index (χ1n) is 21.4. The van der Waals surface area contributed by atoms with Gasteiger partial charge < -0.3 is 39.8 Å². The lowest BCUT2D eigenvalue weighted by molar-refractivity contribution is -0.134. The lowest BCUT2D eigenvalue weighted by atomic mass is 9.89. The average Bonchev–Trinajstić information content (AvgIpc) is 3.80. The standard InChI is InChI=1S/C46H54N10O7/c1-53-27-37(35-25-48-52-44(35)46(53)61)31-22-39(62-2)36(40(23-31)63-3)24-47-26-43(59)56-20-18-54(19-21-56)28-42(58)50-33-8-10-34(11-9-33)55-16-14-30(15-17-55)29-4-6-32(7-5-29)49-38-12-13-41(57)51-45(38)60/h4-11,22-23,25,27,30,38,47,49H,12-21,24,26,28H2,1-3H3,(H,48,52)(H,50,58)(H,51,57,60). The van der Waals surface area contributed by atoms with Crippen LogP contribution in [-0.4, -0.2) is 121 Å². The van der Waals surface area contributed by atoms with Crippen molar-refractivity contribution in [2.75, 3.05) is 82.1 Å². The number of carbonyl (C=O) groups excluding carboxylic acids is 4. The second kappa shape index (κ2) is 19.1. The van der Waals surface area contributed by atoms with Crippen LogP contribution in [0.4, 0.5) is 17.1 Å². The minimum atomic E-state index is -0.397. The first-order chi connectivity index (χ1) is 30.6. The van der Waals surface area contributed by atoms with Crippen molar-refractivity contribution in [3.05, 3.63) is 94.5 Å². The summed E-state index contributed by atoms with van der Waals surface area (Å²) in [6.45, 7) is 4.77. The summed E-state index contributed by atoms with van der Waals surface area (Å²) in [5.41, 5.74) is 6.62. The summed E-state index contributed by atoms with van der Waals surface area (Å²) in [4.78, 5) is 68.6. The Labute approximate surface area is 365 Å². The van der Waals surface area contributed by atoms with Gasteiger partial charge in [0.05, 0.1) is 33.5 Å². The molecule has 1 atom stereocenters. The summed E-state index contributed by atoms with van der Waals surface area (Å²) in [6, 6.07) is 19.7. The van der Waals surface area contributed by atoms with Gasteiger partial charge in [-0.1, -0.05) is 12.1 Å². The zero-order valence-electron chi connectivity index (χ0n) is 35.9. The van der Waals surface area contributed by atoms with E-state index in [-0.39, 0.29) is 42.3 Å². The zero-order valence-corrected chi connectivity index (χ0v) is 35.9. The number of aromatic amines is 1. The third kappa shape index (κ3) is 9.84. The molecule has 1 unspecified atom stereocenters. The van der Waals surface area contributed by atoms with Crippen LogP contribution in [0, 0.1) is 0 Å². The molecule has 0 radical (unpaired) electrons. The number of hydrogen-bond donors (Lipinski definition) is 5. The number of pyridine rings is 1. The van der Waals surface area contributed by atoms with Crippen LogP contribution < -0.4 is 41.2 Å². The van der Waals surface area contributed by atoms with Crippen molar-refractivity contribution < 1.29 is 28.7 Å². The zero-order chi connectivity index (χ0) is 44.0. The Balaban J connectivity index is 0.752. The van der Waals surface area contributed by atoms with Crippen molar-refractivity contribution in [1.29, 1.82) is 0 Å². The maximum atomic E-state index is 13.2. The van der Waals surface area contributed by atoms with Gasteiger partial charge in [0.25, 0.3) is 5.56 Å². The highest BCUT2D eigenvalue weighted by Gasteiger charge is 2.27. The number of aryl methyl sites for hydroxylation is 1. The number of carbonyl (C=O) groups is 4. The van der Waals surface area contributed by atoms with Crippen molar-refractivity contribution in [3.63, 3.8) is 0 Å². The Bertz CT molecular complexity index is 2500. The van der Waals surface area contributed by atoms with Crippen LogP contribution in [0.25, 0.3) is 22.0 Å². The molecule has 0 saturated carbocycles. The predicted octanol–water partition coefficient (Wildman–Crippen LogP) is 3.42. The van der Waals surface area contributed by atoms with Crippen molar-refractivity contribution >= 4 is 51.6 Å². The number of ether oxygens (including phenoxy) is 2. The summed E-state index contributed by atoms with van der Waals surface area (Å²) in [5.74, 6) is 0.994. The minimum Gasteiger partial charge on any atom is -0.496 e. The number of amides is 4. The summed E-state index contributed by atoms with van der Waals surface area (Å²) in [7, 11) is 4.86. The van der Waals surface area contributed by atoms with Crippen LogP contribution >= 0.6 is 0 Å². The monoisotopic (exact) mass is 858 g/mol. The highest BCUT2D eigenvalue weighted by molar-refractivity contribution is 6.01. The van der Waals surface area contributed by atoms with Gasteiger partial charge in [0.15, 0.2) is 0 Å². The quantitative estimate of drug-likeness (QED) is 0.102. The van der Waals surface area contributed by atoms with Gasteiger partial charge in [0.1, 0.15) is 23.1 Å². The van der Waals surface area contributed by atoms with E-state index in [1.165, 1.54) is 10.1 Å². The number of anilines is 3. The number of hydrogen-bond acceptors (Lipinski definition) is 12. The number of piperazine rings is 1. The van der Waals surface area contributed by atoms with E-state index < -0.39 is 6.04 Å². The SMILES string of the molecule is COc1cc(-c2cn(C)c(=O)c3[nH]ncc23)cc(OC)c1CNCC(=O)N1CCN(CC(=O)Nc2ccc(N3CCC(c4ccc(NC5CCC(=O)NC5=O)cc4)CC3)cc2)CC1. The van der Waals surface area contributed by atoms with Crippen LogP contribution in [0.2, 0.25) is 0 Å². The molecule has 3 aromatic carbocycles. The molecule has 8 rings (SSSR count). The molecule has 0 spiro atoms. The molecule has 17 heteroatoms. The van der Waals surface area contributed by atoms with E-state index in [1.807, 2.05) is 41.3 Å². The van der Waals surface area contributed by atoms with E-state index in [4.69, 9.17) is 9.47 Å². The molecular formula is C46H54N10O7. The molecule has 3 fully saturated rings. The average molecular weight is 859 g/mol. The largest absolute Gasteiger partial charge is 0.496 e. The molecular weight excluding hydrogens is 805 g/mol. The molecule has 3 aliphatic heterocycles. The van der Waals surface area contributed by atoms with Crippen LogP contribution in [0.3, 0.4) is 0 Å². The highest BCUT2D eigenvalue weighted by atomic mass is 16.5. The molecule has 4 amide bonds. The summed E-state index contributed by atoms with van der Waals surface area (Å²) < 4.78 is 13.0. The second-order valence-electron chi connectivity index (χ2n) is 16.4. The summed E-state index contributed by atoms with van der Waals surface area (Å²) in [6.07, 6.45) is 6.27. The van der Waals surface area contributed by atoms with Gasteiger partial charge in [-0.3, -0.25) is 39.3 Å². The maximum Gasteiger partial charge on any atom is 0.276 e. The van der Waals surface area contributed by atoms with E-state index in [1.54, 1.807) is 33.7 Å². The van der Waals surface area contributed by atoms with Gasteiger partial charge in [0, 0.05) is 99.1 Å². The number of fused-ring (bicyclic) bond motifs is 1. The molecule has 5 aromatic rings. The van der Waals surface area contributed by atoms with E-state index in [9.17, 15) is 24.0 Å². The number of aromatic nitrogens is 3. The summed E-state index contributed by atoms with van der Waals surface area (Å²) in [5, 5.41) is 19.5. The number of benzene rings is 3. The number of methoxy groups -OCH3 is 2. The fraction of sp³-hybridized carbons (Fsp3) is 0.391. The van der Waals surface area contributed by atoms with Gasteiger partial charge in [-0.2, -0.15) is 5.10 Å². The number of nitrogens with zero attached hydrogens (tertiary/aromatic N) is 5. The van der Waals surface area contributed by atoms with E-state index in [0.29, 0.717) is 73.9 Å². The van der Waals surface area contributed by atoms with Gasteiger partial charge in [-0.15, -0.1) is 0 Å². The molecule has 330 valence electrons. The van der Waals surface area contributed by atoms with Crippen molar-refractivity contribution in [2.45, 2.75) is 44.2 Å². The normalized spacial score (nSPS) is 17.4. The Kier molecular flexibility index (Phi) is 13.0. The Morgan fingerprint density at radius 3 is 2.21 bits per heavy atom. The van der Waals surface area contributed by atoms with Crippen LogP contribution in [0.5, 0.6) is 11.5 Å². The molecule has 3 aliphatic rings. The summed E-state index contributed by atoms with van der Waals surface area (Å²) >= 11 is 0. The number of H-pyrrole nitrogens is 1. The third-order valence-electron chi connectivity index (χ3n) is 12.3. The fourth-order valence-electron chi connectivity index (χ4n) is 8.77. The maximum absolute atomic E-state index is 13.2. The Hall–Kier alpha value is -6.72. The third-order valence-corrected chi connectivity index (χ3v) is 12.3. The minimum absolute atomic E-state index is 0.0271. The first-order valence-corrected chi connectivity index (χ1v) is 21.4. The van der Waals surface area contributed by atoms with Crippen LogP contribution in [-0.2, 0) is 32.8 Å². The van der Waals surface area contributed by atoms with Crippen molar-refractivity contribution in [3.8, 4) is 22.6 Å². The van der Waals surface area contributed by atoms with E-state index in [2.05, 4.69) is 65.5 Å².